The van der Waals surface area contributed by atoms with E-state index in [2.05, 4.69) is 18.7 Å². The van der Waals surface area contributed by atoms with Crippen LogP contribution < -0.4 is 0 Å². The molecule has 2 aliphatic rings. The number of likely N-dealkylation sites (tertiary alicyclic amines) is 1. The van der Waals surface area contributed by atoms with Crippen LogP contribution >= 0.6 is 0 Å². The molecule has 4 heteroatoms. The first-order chi connectivity index (χ1) is 7.96. The first kappa shape index (κ1) is 12.8. The molecule has 0 spiro atoms. The van der Waals surface area contributed by atoms with Gasteiger partial charge in [0.1, 0.15) is 0 Å². The second kappa shape index (κ2) is 4.94. The smallest absolute Gasteiger partial charge is 0.332 e. The van der Waals surface area contributed by atoms with Gasteiger partial charge in [-0.15, -0.1) is 0 Å². The Balaban J connectivity index is 1.74. The van der Waals surface area contributed by atoms with Crippen molar-refractivity contribution in [2.24, 2.45) is 5.41 Å². The minimum Gasteiger partial charge on any atom is -0.479 e. The first-order valence-electron chi connectivity index (χ1n) is 6.57. The van der Waals surface area contributed by atoms with Crippen LogP contribution in [0.1, 0.15) is 39.5 Å². The molecule has 4 nitrogen and oxygen atoms in total. The SMILES string of the molecule is CC1(C)CCN(C[C@@H]2CC[C@H](C(=O)O)O2)CC1. The molecule has 0 radical (unpaired) electrons. The van der Waals surface area contributed by atoms with Crippen LogP contribution in [0.4, 0.5) is 0 Å². The average molecular weight is 241 g/mol. The van der Waals surface area contributed by atoms with Crippen LogP contribution in [0.2, 0.25) is 0 Å². The Morgan fingerprint density at radius 3 is 2.53 bits per heavy atom. The molecule has 1 N–H and O–H groups in total. The summed E-state index contributed by atoms with van der Waals surface area (Å²) in [6.45, 7) is 7.77. The second-order valence-corrected chi connectivity index (χ2v) is 6.13. The summed E-state index contributed by atoms with van der Waals surface area (Å²) in [5.41, 5.74) is 0.469. The van der Waals surface area contributed by atoms with E-state index in [1.807, 2.05) is 0 Å². The molecular formula is C13H23NO3. The van der Waals surface area contributed by atoms with Crippen molar-refractivity contribution in [2.75, 3.05) is 19.6 Å². The maximum atomic E-state index is 10.8. The first-order valence-corrected chi connectivity index (χ1v) is 6.57. The van der Waals surface area contributed by atoms with E-state index in [-0.39, 0.29) is 6.10 Å². The molecule has 2 atom stereocenters. The Morgan fingerprint density at radius 2 is 2.00 bits per heavy atom. The van der Waals surface area contributed by atoms with Gasteiger partial charge < -0.3 is 14.7 Å². The van der Waals surface area contributed by atoms with E-state index in [1.165, 1.54) is 12.8 Å². The molecule has 0 unspecified atom stereocenters. The summed E-state index contributed by atoms with van der Waals surface area (Å²) in [4.78, 5) is 13.2. The molecule has 0 saturated carbocycles. The predicted molar refractivity (Wildman–Crippen MR) is 65.0 cm³/mol. The number of piperidine rings is 1. The number of aliphatic carboxylic acids is 1. The van der Waals surface area contributed by atoms with E-state index in [9.17, 15) is 4.79 Å². The van der Waals surface area contributed by atoms with Crippen molar-refractivity contribution in [3.8, 4) is 0 Å². The van der Waals surface area contributed by atoms with Crippen LogP contribution in [0.3, 0.4) is 0 Å². The molecule has 0 aromatic rings. The van der Waals surface area contributed by atoms with Crippen molar-refractivity contribution in [3.05, 3.63) is 0 Å². The number of ether oxygens (including phenoxy) is 1. The number of carboxylic acids is 1. The molecule has 2 fully saturated rings. The van der Waals surface area contributed by atoms with Crippen LogP contribution in [0, 0.1) is 5.41 Å². The van der Waals surface area contributed by atoms with Crippen LogP contribution in [-0.4, -0.2) is 47.8 Å². The number of rotatable bonds is 3. The molecule has 98 valence electrons. The lowest BCUT2D eigenvalue weighted by molar-refractivity contribution is -0.149. The average Bonchev–Trinajstić information content (AvgIpc) is 2.70. The van der Waals surface area contributed by atoms with Crippen molar-refractivity contribution < 1.29 is 14.6 Å². The van der Waals surface area contributed by atoms with Gasteiger partial charge >= 0.3 is 5.97 Å². The van der Waals surface area contributed by atoms with Gasteiger partial charge in [-0.3, -0.25) is 0 Å². The Morgan fingerprint density at radius 1 is 1.35 bits per heavy atom. The molecular weight excluding hydrogens is 218 g/mol. The van der Waals surface area contributed by atoms with Crippen LogP contribution in [0.5, 0.6) is 0 Å². The summed E-state index contributed by atoms with van der Waals surface area (Å²) in [5, 5.41) is 8.87. The fraction of sp³-hybridized carbons (Fsp3) is 0.923. The van der Waals surface area contributed by atoms with Crippen molar-refractivity contribution >= 4 is 5.97 Å². The summed E-state index contributed by atoms with van der Waals surface area (Å²) < 4.78 is 5.54. The van der Waals surface area contributed by atoms with Crippen molar-refractivity contribution in [1.82, 2.24) is 4.90 Å². The summed E-state index contributed by atoms with van der Waals surface area (Å²) in [6, 6.07) is 0. The molecule has 0 amide bonds. The largest absolute Gasteiger partial charge is 0.479 e. The molecule has 2 rings (SSSR count). The lowest BCUT2D eigenvalue weighted by Gasteiger charge is -2.37. The Hall–Kier alpha value is -0.610. The van der Waals surface area contributed by atoms with Gasteiger partial charge in [0.2, 0.25) is 0 Å². The predicted octanol–water partition coefficient (Wildman–Crippen LogP) is 1.74. The molecule has 2 saturated heterocycles. The van der Waals surface area contributed by atoms with Crippen LogP contribution in [0.15, 0.2) is 0 Å². The topological polar surface area (TPSA) is 49.8 Å². The third-order valence-corrected chi connectivity index (χ3v) is 4.05. The van der Waals surface area contributed by atoms with E-state index in [4.69, 9.17) is 9.84 Å². The highest BCUT2D eigenvalue weighted by molar-refractivity contribution is 5.72. The second-order valence-electron chi connectivity index (χ2n) is 6.13. The zero-order valence-electron chi connectivity index (χ0n) is 10.8. The zero-order chi connectivity index (χ0) is 12.5. The van der Waals surface area contributed by atoms with Gasteiger partial charge in [0.25, 0.3) is 0 Å². The number of hydrogen-bond acceptors (Lipinski definition) is 3. The van der Waals surface area contributed by atoms with Crippen molar-refractivity contribution in [2.45, 2.75) is 51.7 Å². The summed E-state index contributed by atoms with van der Waals surface area (Å²) in [5.74, 6) is -0.813. The van der Waals surface area contributed by atoms with Gasteiger partial charge in [0.15, 0.2) is 6.10 Å². The highest BCUT2D eigenvalue weighted by atomic mass is 16.5. The van der Waals surface area contributed by atoms with Gasteiger partial charge in [-0.05, 0) is 44.2 Å². The lowest BCUT2D eigenvalue weighted by Crippen LogP contribution is -2.41. The van der Waals surface area contributed by atoms with E-state index in [0.29, 0.717) is 11.8 Å². The third kappa shape index (κ3) is 3.42. The van der Waals surface area contributed by atoms with E-state index >= 15 is 0 Å². The highest BCUT2D eigenvalue weighted by Gasteiger charge is 2.33. The van der Waals surface area contributed by atoms with E-state index in [1.54, 1.807) is 0 Å². The Kier molecular flexibility index (Phi) is 3.73. The Bertz CT molecular complexity index is 280. The third-order valence-electron chi connectivity index (χ3n) is 4.05. The Labute approximate surface area is 103 Å². The molecule has 2 heterocycles. The van der Waals surface area contributed by atoms with Gasteiger partial charge in [0, 0.05) is 6.54 Å². The maximum Gasteiger partial charge on any atom is 0.332 e. The molecule has 17 heavy (non-hydrogen) atoms. The summed E-state index contributed by atoms with van der Waals surface area (Å²) in [7, 11) is 0. The standard InChI is InChI=1S/C13H23NO3/c1-13(2)5-7-14(8-6-13)9-10-3-4-11(17-10)12(15)16/h10-11H,3-9H2,1-2H3,(H,15,16)/t10-,11+/m0/s1. The number of carboxylic acid groups (broad SMARTS) is 1. The highest BCUT2D eigenvalue weighted by Crippen LogP contribution is 2.30. The van der Waals surface area contributed by atoms with Gasteiger partial charge in [0.05, 0.1) is 6.10 Å². The van der Waals surface area contributed by atoms with Crippen molar-refractivity contribution in [1.29, 1.82) is 0 Å². The number of nitrogens with zero attached hydrogens (tertiary/aromatic N) is 1. The quantitative estimate of drug-likeness (QED) is 0.817. The van der Waals surface area contributed by atoms with Crippen LogP contribution in [-0.2, 0) is 9.53 Å². The lowest BCUT2D eigenvalue weighted by atomic mass is 9.82. The number of carbonyl (C=O) groups is 1. The van der Waals surface area contributed by atoms with Gasteiger partial charge in [-0.2, -0.15) is 0 Å². The van der Waals surface area contributed by atoms with Crippen molar-refractivity contribution in [3.63, 3.8) is 0 Å². The monoisotopic (exact) mass is 241 g/mol. The molecule has 0 bridgehead atoms. The fourth-order valence-corrected chi connectivity index (χ4v) is 2.65. The minimum absolute atomic E-state index is 0.123. The fourth-order valence-electron chi connectivity index (χ4n) is 2.65. The molecule has 0 aromatic carbocycles. The zero-order valence-corrected chi connectivity index (χ0v) is 10.8. The number of hydrogen-bond donors (Lipinski definition) is 1. The van der Waals surface area contributed by atoms with E-state index < -0.39 is 12.1 Å². The summed E-state index contributed by atoms with van der Waals surface area (Å²) in [6.07, 6.45) is 3.55. The van der Waals surface area contributed by atoms with E-state index in [0.717, 1.165) is 26.1 Å². The minimum atomic E-state index is -0.813. The molecule has 0 aromatic heterocycles. The van der Waals surface area contributed by atoms with Crippen LogP contribution in [0.25, 0.3) is 0 Å². The molecule has 0 aliphatic carbocycles. The normalized spacial score (nSPS) is 33.8. The summed E-state index contributed by atoms with van der Waals surface area (Å²) >= 11 is 0. The van der Waals surface area contributed by atoms with Gasteiger partial charge in [-0.25, -0.2) is 4.79 Å². The maximum absolute atomic E-state index is 10.8. The van der Waals surface area contributed by atoms with Gasteiger partial charge in [-0.1, -0.05) is 13.8 Å². The molecule has 2 aliphatic heterocycles.